The molecule has 1 N–H and O–H groups in total. The van der Waals surface area contributed by atoms with E-state index in [0.717, 1.165) is 14.6 Å². The van der Waals surface area contributed by atoms with Gasteiger partial charge in [0.15, 0.2) is 4.34 Å². The highest BCUT2D eigenvalue weighted by Gasteiger charge is 2.12. The maximum atomic E-state index is 6.19. The third-order valence-corrected chi connectivity index (χ3v) is 5.38. The Bertz CT molecular complexity index is 740. The van der Waals surface area contributed by atoms with Crippen LogP contribution in [0, 0.1) is 0 Å². The van der Waals surface area contributed by atoms with Crippen LogP contribution in [0.1, 0.15) is 0 Å². The number of pyridine rings is 1. The van der Waals surface area contributed by atoms with Gasteiger partial charge < -0.3 is 5.32 Å². The molecule has 2 aromatic heterocycles. The molecule has 0 aliphatic carbocycles. The summed E-state index contributed by atoms with van der Waals surface area (Å²) in [6.45, 7) is 0. The third kappa shape index (κ3) is 2.72. The summed E-state index contributed by atoms with van der Waals surface area (Å²) in [5.41, 5.74) is 0.985. The summed E-state index contributed by atoms with van der Waals surface area (Å²) in [5, 5.41) is 4.67. The van der Waals surface area contributed by atoms with E-state index in [0.29, 0.717) is 20.9 Å². The number of halogens is 2. The maximum Gasteiger partial charge on any atom is 0.157 e. The predicted octanol–water partition coefficient (Wildman–Crippen LogP) is 5.19. The molecule has 1 aromatic carbocycles. The standard InChI is InChI=1S/C13H9Cl2N3S2/c1-16-11-7(14)6-8(15)12(18-11)20-13-17-9-4-2-3-5-10(9)19-13/h2-6H,1H3,(H,16,18). The second kappa shape index (κ2) is 5.77. The van der Waals surface area contributed by atoms with Gasteiger partial charge in [0.25, 0.3) is 0 Å². The van der Waals surface area contributed by atoms with Crippen LogP contribution in [-0.4, -0.2) is 17.0 Å². The van der Waals surface area contributed by atoms with Crippen molar-refractivity contribution in [1.82, 2.24) is 9.97 Å². The summed E-state index contributed by atoms with van der Waals surface area (Å²) in [7, 11) is 1.77. The number of anilines is 1. The first-order valence-electron chi connectivity index (χ1n) is 5.74. The molecular weight excluding hydrogens is 333 g/mol. The van der Waals surface area contributed by atoms with E-state index in [1.165, 1.54) is 11.8 Å². The van der Waals surface area contributed by atoms with Crippen molar-refractivity contribution in [2.24, 2.45) is 0 Å². The summed E-state index contributed by atoms with van der Waals surface area (Å²) in [5.74, 6) is 0.611. The van der Waals surface area contributed by atoms with Crippen LogP contribution in [0.5, 0.6) is 0 Å². The van der Waals surface area contributed by atoms with Crippen molar-refractivity contribution in [1.29, 1.82) is 0 Å². The fourth-order valence-corrected chi connectivity index (χ4v) is 4.22. The van der Waals surface area contributed by atoms with Gasteiger partial charge in [0.05, 0.1) is 20.3 Å². The zero-order chi connectivity index (χ0) is 14.1. The fourth-order valence-electron chi connectivity index (χ4n) is 1.67. The monoisotopic (exact) mass is 341 g/mol. The Labute approximate surface area is 134 Å². The maximum absolute atomic E-state index is 6.19. The molecule has 0 saturated heterocycles. The molecule has 7 heteroatoms. The van der Waals surface area contributed by atoms with Crippen LogP contribution < -0.4 is 5.32 Å². The number of thiazole rings is 1. The molecule has 0 atom stereocenters. The minimum absolute atomic E-state index is 0.506. The van der Waals surface area contributed by atoms with Gasteiger partial charge in [0.1, 0.15) is 10.8 Å². The first-order chi connectivity index (χ1) is 9.67. The molecule has 0 unspecified atom stereocenters. The Kier molecular flexibility index (Phi) is 4.03. The first-order valence-corrected chi connectivity index (χ1v) is 8.13. The van der Waals surface area contributed by atoms with Crippen molar-refractivity contribution in [2.45, 2.75) is 9.37 Å². The van der Waals surface area contributed by atoms with Gasteiger partial charge in [-0.05, 0) is 30.0 Å². The number of para-hydroxylation sites is 1. The van der Waals surface area contributed by atoms with Crippen LogP contribution in [-0.2, 0) is 0 Å². The van der Waals surface area contributed by atoms with Crippen LogP contribution >= 0.6 is 46.3 Å². The lowest BCUT2D eigenvalue weighted by atomic mass is 10.3. The zero-order valence-corrected chi connectivity index (χ0v) is 13.5. The summed E-state index contributed by atoms with van der Waals surface area (Å²) < 4.78 is 2.05. The van der Waals surface area contributed by atoms with Crippen LogP contribution in [0.4, 0.5) is 5.82 Å². The molecule has 3 rings (SSSR count). The second-order valence-corrected chi connectivity index (χ2v) is 6.99. The van der Waals surface area contributed by atoms with Gasteiger partial charge >= 0.3 is 0 Å². The SMILES string of the molecule is CNc1nc(Sc2nc3ccccc3s2)c(Cl)cc1Cl. The minimum Gasteiger partial charge on any atom is -0.372 e. The molecule has 102 valence electrons. The smallest absolute Gasteiger partial charge is 0.157 e. The molecule has 2 heterocycles. The van der Waals surface area contributed by atoms with Crippen LogP contribution in [0.3, 0.4) is 0 Å². The van der Waals surface area contributed by atoms with E-state index >= 15 is 0 Å². The number of benzene rings is 1. The average molecular weight is 342 g/mol. The van der Waals surface area contributed by atoms with E-state index in [2.05, 4.69) is 15.3 Å². The quantitative estimate of drug-likeness (QED) is 0.711. The van der Waals surface area contributed by atoms with Gasteiger partial charge in [-0.3, -0.25) is 0 Å². The Hall–Kier alpha value is -1.01. The number of nitrogens with zero attached hydrogens (tertiary/aromatic N) is 2. The molecule has 0 amide bonds. The lowest BCUT2D eigenvalue weighted by Crippen LogP contribution is -1.95. The number of hydrogen-bond donors (Lipinski definition) is 1. The van der Waals surface area contributed by atoms with Gasteiger partial charge in [-0.2, -0.15) is 0 Å². The number of hydrogen-bond acceptors (Lipinski definition) is 5. The topological polar surface area (TPSA) is 37.8 Å². The van der Waals surface area contributed by atoms with Crippen LogP contribution in [0.2, 0.25) is 10.0 Å². The molecule has 3 aromatic rings. The Morgan fingerprint density at radius 1 is 1.15 bits per heavy atom. The molecular formula is C13H9Cl2N3S2. The summed E-state index contributed by atoms with van der Waals surface area (Å²) >= 11 is 15.3. The number of aromatic nitrogens is 2. The summed E-state index contributed by atoms with van der Waals surface area (Å²) in [6.07, 6.45) is 0. The minimum atomic E-state index is 0.506. The molecule has 0 fully saturated rings. The first kappa shape index (κ1) is 13.9. The zero-order valence-electron chi connectivity index (χ0n) is 10.4. The summed E-state index contributed by atoms with van der Waals surface area (Å²) in [4.78, 5) is 8.97. The Morgan fingerprint density at radius 3 is 2.70 bits per heavy atom. The molecule has 0 spiro atoms. The number of nitrogens with one attached hydrogen (secondary N) is 1. The van der Waals surface area contributed by atoms with Crippen LogP contribution in [0.25, 0.3) is 10.2 Å². The van der Waals surface area contributed by atoms with E-state index < -0.39 is 0 Å². The molecule has 0 aliphatic rings. The molecule has 0 bridgehead atoms. The normalized spacial score (nSPS) is 10.9. The van der Waals surface area contributed by atoms with Crippen LogP contribution in [0.15, 0.2) is 39.7 Å². The van der Waals surface area contributed by atoms with E-state index in [1.807, 2.05) is 24.3 Å². The van der Waals surface area contributed by atoms with Gasteiger partial charge in [0, 0.05) is 7.05 Å². The van der Waals surface area contributed by atoms with Gasteiger partial charge in [0.2, 0.25) is 0 Å². The molecule has 20 heavy (non-hydrogen) atoms. The highest BCUT2D eigenvalue weighted by Crippen LogP contribution is 2.38. The second-order valence-electron chi connectivity index (χ2n) is 3.91. The number of rotatable bonds is 3. The molecule has 0 aliphatic heterocycles. The molecule has 0 radical (unpaired) electrons. The fraction of sp³-hybridized carbons (Fsp3) is 0.0769. The van der Waals surface area contributed by atoms with Crippen molar-refractivity contribution in [3.05, 3.63) is 40.4 Å². The predicted molar refractivity (Wildman–Crippen MR) is 87.5 cm³/mol. The van der Waals surface area contributed by atoms with Crippen molar-refractivity contribution in [2.75, 3.05) is 12.4 Å². The van der Waals surface area contributed by atoms with E-state index in [-0.39, 0.29) is 0 Å². The van der Waals surface area contributed by atoms with Crippen molar-refractivity contribution >= 4 is 62.3 Å². The Balaban J connectivity index is 1.98. The highest BCUT2D eigenvalue weighted by atomic mass is 35.5. The van der Waals surface area contributed by atoms with Gasteiger partial charge in [-0.15, -0.1) is 11.3 Å². The van der Waals surface area contributed by atoms with Gasteiger partial charge in [-0.25, -0.2) is 9.97 Å². The van der Waals surface area contributed by atoms with Crippen molar-refractivity contribution < 1.29 is 0 Å². The van der Waals surface area contributed by atoms with Crippen molar-refractivity contribution in [3.8, 4) is 0 Å². The molecule has 3 nitrogen and oxygen atoms in total. The van der Waals surface area contributed by atoms with Crippen molar-refractivity contribution in [3.63, 3.8) is 0 Å². The van der Waals surface area contributed by atoms with E-state index in [9.17, 15) is 0 Å². The van der Waals surface area contributed by atoms with E-state index in [4.69, 9.17) is 23.2 Å². The number of fused-ring (bicyclic) bond motifs is 1. The Morgan fingerprint density at radius 2 is 1.95 bits per heavy atom. The molecule has 0 saturated carbocycles. The average Bonchev–Trinajstić information content (AvgIpc) is 2.84. The lowest BCUT2D eigenvalue weighted by molar-refractivity contribution is 1.12. The van der Waals surface area contributed by atoms with Gasteiger partial charge in [-0.1, -0.05) is 35.3 Å². The highest BCUT2D eigenvalue weighted by molar-refractivity contribution is 8.01. The lowest BCUT2D eigenvalue weighted by Gasteiger charge is -2.06. The third-order valence-electron chi connectivity index (χ3n) is 2.59. The van der Waals surface area contributed by atoms with E-state index in [1.54, 1.807) is 24.5 Å². The largest absolute Gasteiger partial charge is 0.372 e. The summed E-state index contributed by atoms with van der Waals surface area (Å²) in [6, 6.07) is 9.71.